The van der Waals surface area contributed by atoms with Gasteiger partial charge in [-0.25, -0.2) is 19.2 Å². The molecule has 204 valence electrons. The van der Waals surface area contributed by atoms with Crippen molar-refractivity contribution in [3.63, 3.8) is 0 Å². The molecule has 7 rings (SSSR count). The zero-order valence-electron chi connectivity index (χ0n) is 22.9. The summed E-state index contributed by atoms with van der Waals surface area (Å²) in [5.41, 5.74) is 5.94. The number of aromatic nitrogens is 6. The van der Waals surface area contributed by atoms with Gasteiger partial charge in [-0.15, -0.1) is 5.10 Å². The maximum Gasteiger partial charge on any atom is 0.230 e. The highest BCUT2D eigenvalue weighted by molar-refractivity contribution is 5.70. The van der Waals surface area contributed by atoms with Crippen LogP contribution in [0.5, 0.6) is 29.0 Å². The Labute approximate surface area is 235 Å². The minimum atomic E-state index is -0.268. The molecular weight excluding hydrogens is 520 g/mol. The lowest BCUT2D eigenvalue weighted by atomic mass is 9.84. The van der Waals surface area contributed by atoms with Crippen molar-refractivity contribution >= 4 is 5.65 Å². The minimum Gasteiger partial charge on any atom is -0.497 e. The molecule has 0 spiro atoms. The molecule has 10 heteroatoms. The highest BCUT2D eigenvalue weighted by Gasteiger charge is 2.38. The molecule has 41 heavy (non-hydrogen) atoms. The van der Waals surface area contributed by atoms with E-state index in [1.165, 1.54) is 0 Å². The Kier molecular flexibility index (Phi) is 5.81. The molecule has 0 saturated heterocycles. The number of para-hydroxylation sites is 1. The third-order valence-electron chi connectivity index (χ3n) is 7.31. The van der Waals surface area contributed by atoms with Gasteiger partial charge in [0.15, 0.2) is 23.0 Å². The van der Waals surface area contributed by atoms with Crippen molar-refractivity contribution in [2.75, 3.05) is 21.3 Å². The van der Waals surface area contributed by atoms with Crippen LogP contribution >= 0.6 is 0 Å². The summed E-state index contributed by atoms with van der Waals surface area (Å²) >= 11 is 0. The van der Waals surface area contributed by atoms with Crippen LogP contribution in [-0.2, 0) is 0 Å². The van der Waals surface area contributed by atoms with Crippen molar-refractivity contribution in [1.29, 1.82) is 0 Å². The number of hydrogen-bond acceptors (Lipinski definition) is 8. The number of rotatable bonds is 6. The minimum absolute atomic E-state index is 0.268. The third-order valence-corrected chi connectivity index (χ3v) is 7.31. The fourth-order valence-corrected chi connectivity index (χ4v) is 5.35. The highest BCUT2D eigenvalue weighted by atomic mass is 16.5. The first-order chi connectivity index (χ1) is 20.1. The summed E-state index contributed by atoms with van der Waals surface area (Å²) in [4.78, 5) is 9.68. The van der Waals surface area contributed by atoms with Gasteiger partial charge in [-0.05, 0) is 55.0 Å². The Bertz CT molecular complexity index is 1900. The average Bonchev–Trinajstić information content (AvgIpc) is 3.61. The molecule has 4 heterocycles. The van der Waals surface area contributed by atoms with Gasteiger partial charge in [0.25, 0.3) is 0 Å². The SMILES string of the molecule is COc1ccc([C@H]2c3c(C)nn(-c4ccccc4)c3Oc3ncn4nc(-c5ccc(OC)c(OC)c5)nc4c32)cc1. The van der Waals surface area contributed by atoms with E-state index in [2.05, 4.69) is 12.1 Å². The van der Waals surface area contributed by atoms with Crippen molar-refractivity contribution in [2.45, 2.75) is 12.8 Å². The van der Waals surface area contributed by atoms with Crippen molar-refractivity contribution < 1.29 is 18.9 Å². The van der Waals surface area contributed by atoms with Crippen LogP contribution in [0.3, 0.4) is 0 Å². The molecule has 0 aliphatic carbocycles. The Morgan fingerprint density at radius 2 is 1.59 bits per heavy atom. The topological polar surface area (TPSA) is 97.8 Å². The largest absolute Gasteiger partial charge is 0.497 e. The maximum absolute atomic E-state index is 6.52. The van der Waals surface area contributed by atoms with Crippen LogP contribution in [0.15, 0.2) is 79.1 Å². The van der Waals surface area contributed by atoms with E-state index < -0.39 is 0 Å². The summed E-state index contributed by atoms with van der Waals surface area (Å²) in [7, 11) is 4.86. The molecule has 0 amide bonds. The number of aryl methyl sites for hydroxylation is 1. The van der Waals surface area contributed by atoms with Crippen LogP contribution < -0.4 is 18.9 Å². The number of hydrogen-bond donors (Lipinski definition) is 0. The van der Waals surface area contributed by atoms with E-state index >= 15 is 0 Å². The van der Waals surface area contributed by atoms with Crippen molar-refractivity contribution in [3.8, 4) is 46.1 Å². The predicted molar refractivity (Wildman–Crippen MR) is 152 cm³/mol. The van der Waals surface area contributed by atoms with E-state index in [4.69, 9.17) is 39.1 Å². The van der Waals surface area contributed by atoms with Crippen molar-refractivity contribution in [1.82, 2.24) is 29.4 Å². The number of methoxy groups -OCH3 is 3. The monoisotopic (exact) mass is 546 g/mol. The molecule has 1 aliphatic heterocycles. The van der Waals surface area contributed by atoms with Gasteiger partial charge in [-0.2, -0.15) is 5.10 Å². The Hall–Kier alpha value is -5.38. The lowest BCUT2D eigenvalue weighted by molar-refractivity contribution is 0.355. The average molecular weight is 547 g/mol. The first-order valence-electron chi connectivity index (χ1n) is 13.0. The van der Waals surface area contributed by atoms with Gasteiger partial charge >= 0.3 is 0 Å². The van der Waals surface area contributed by atoms with E-state index in [0.717, 1.165) is 39.4 Å². The number of fused-ring (bicyclic) bond motifs is 4. The number of nitrogens with zero attached hydrogens (tertiary/aromatic N) is 6. The maximum atomic E-state index is 6.52. The van der Waals surface area contributed by atoms with E-state index in [-0.39, 0.29) is 5.92 Å². The fourth-order valence-electron chi connectivity index (χ4n) is 5.35. The lowest BCUT2D eigenvalue weighted by Gasteiger charge is -2.26. The summed E-state index contributed by atoms with van der Waals surface area (Å²) in [5.74, 6) is 3.33. The van der Waals surface area contributed by atoms with E-state index in [1.807, 2.05) is 72.3 Å². The van der Waals surface area contributed by atoms with E-state index in [0.29, 0.717) is 34.7 Å². The second-order valence-electron chi connectivity index (χ2n) is 9.60. The van der Waals surface area contributed by atoms with Gasteiger partial charge in [-0.3, -0.25) is 0 Å². The van der Waals surface area contributed by atoms with Gasteiger partial charge in [-0.1, -0.05) is 30.3 Å². The third kappa shape index (κ3) is 3.95. The van der Waals surface area contributed by atoms with Gasteiger partial charge in [0.05, 0.1) is 49.8 Å². The Balaban J connectivity index is 1.45. The van der Waals surface area contributed by atoms with Gasteiger partial charge in [0.1, 0.15) is 12.1 Å². The van der Waals surface area contributed by atoms with Gasteiger partial charge in [0, 0.05) is 5.56 Å². The van der Waals surface area contributed by atoms with Crippen LogP contribution in [0, 0.1) is 6.92 Å². The molecule has 0 fully saturated rings. The summed E-state index contributed by atoms with van der Waals surface area (Å²) < 4.78 is 26.4. The van der Waals surface area contributed by atoms with E-state index in [9.17, 15) is 0 Å². The predicted octanol–water partition coefficient (Wildman–Crippen LogP) is 5.60. The molecule has 1 aliphatic rings. The van der Waals surface area contributed by atoms with Crippen LogP contribution in [0.2, 0.25) is 0 Å². The molecule has 3 aromatic carbocycles. The van der Waals surface area contributed by atoms with Gasteiger partial charge in [0.2, 0.25) is 11.8 Å². The quantitative estimate of drug-likeness (QED) is 0.266. The second kappa shape index (κ2) is 9.67. The van der Waals surface area contributed by atoms with Crippen LogP contribution in [0.4, 0.5) is 0 Å². The van der Waals surface area contributed by atoms with Crippen LogP contribution in [0.25, 0.3) is 22.7 Å². The molecule has 0 unspecified atom stereocenters. The summed E-state index contributed by atoms with van der Waals surface area (Å²) in [6, 6.07) is 23.5. The van der Waals surface area contributed by atoms with Crippen molar-refractivity contribution in [3.05, 3.63) is 102 Å². The Morgan fingerprint density at radius 1 is 0.805 bits per heavy atom. The smallest absolute Gasteiger partial charge is 0.230 e. The second-order valence-corrected chi connectivity index (χ2v) is 9.60. The number of benzene rings is 3. The normalized spacial score (nSPS) is 13.8. The highest BCUT2D eigenvalue weighted by Crippen LogP contribution is 2.50. The molecular formula is C31H26N6O4. The Morgan fingerprint density at radius 3 is 2.32 bits per heavy atom. The lowest BCUT2D eigenvalue weighted by Crippen LogP contribution is -2.16. The molecule has 6 aromatic rings. The first-order valence-corrected chi connectivity index (χ1v) is 13.0. The summed E-state index contributed by atoms with van der Waals surface area (Å²) in [6.07, 6.45) is 1.62. The van der Waals surface area contributed by atoms with Crippen LogP contribution in [-0.4, -0.2) is 50.7 Å². The van der Waals surface area contributed by atoms with E-state index in [1.54, 1.807) is 32.2 Å². The number of ether oxygens (including phenoxy) is 4. The first kappa shape index (κ1) is 24.6. The molecule has 1 atom stereocenters. The van der Waals surface area contributed by atoms with Gasteiger partial charge < -0.3 is 18.9 Å². The molecule has 3 aromatic heterocycles. The molecule has 10 nitrogen and oxygen atoms in total. The zero-order chi connectivity index (χ0) is 28.1. The molecule has 0 bridgehead atoms. The van der Waals surface area contributed by atoms with Crippen molar-refractivity contribution in [2.24, 2.45) is 0 Å². The van der Waals surface area contributed by atoms with Crippen LogP contribution in [0.1, 0.15) is 28.3 Å². The summed E-state index contributed by atoms with van der Waals surface area (Å²) in [6.45, 7) is 2.00. The standard InChI is InChI=1S/C31H26N6O4/c1-18-25-26(19-10-13-22(38-2)14-11-19)27-29-33-28(20-12-15-23(39-3)24(16-20)40-4)35-36(29)17-32-30(27)41-31(25)37(34-18)21-8-6-5-7-9-21/h5-17,26H,1-4H3/t26-/m0/s1. The molecule has 0 radical (unpaired) electrons. The zero-order valence-corrected chi connectivity index (χ0v) is 22.9. The summed E-state index contributed by atoms with van der Waals surface area (Å²) in [5, 5.41) is 9.65. The molecule has 0 N–H and O–H groups in total. The fraction of sp³-hybridized carbons (Fsp3) is 0.161. The molecule has 0 saturated carbocycles.